The molecule has 12 heteroatoms. The van der Waals surface area contributed by atoms with Gasteiger partial charge in [0.05, 0.1) is 25.1 Å². The molecule has 0 saturated carbocycles. The van der Waals surface area contributed by atoms with Gasteiger partial charge in [0, 0.05) is 35.8 Å². The number of ether oxygens (including phenoxy) is 2. The molecule has 2 aromatic carbocycles. The molecule has 3 aliphatic rings. The average Bonchev–Trinajstić information content (AvgIpc) is 3.50. The Bertz CT molecular complexity index is 1460. The molecule has 45 heavy (non-hydrogen) atoms. The first-order valence-electron chi connectivity index (χ1n) is 15.5. The molecular weight excluding hydrogens is 608 g/mol. The number of anilines is 3. The standard InChI is InChI=1S/C31H34F4N4O3S.C2H6/c1-30(41-2)17-38(18-30)29-37-26(25(43-29)15-31(33,34)35)28(40)36-20-13-23(32)27(39-21-9-6-10-22(39)12-11-21)24(14-20)42-16-19-7-4-3-5-8-19;1-2/h3-5,7-8,13-14,21-22H,6,9-12,15-18H2,1-2H3,(H,36,40);1-2H3. The predicted octanol–water partition coefficient (Wildman–Crippen LogP) is 7.99. The number of rotatable bonds is 9. The summed E-state index contributed by atoms with van der Waals surface area (Å²) in [7, 11) is 1.57. The Balaban J connectivity index is 0.00000196. The fourth-order valence-corrected chi connectivity index (χ4v) is 7.48. The molecule has 3 saturated heterocycles. The number of nitrogens with one attached hydrogen (secondary N) is 1. The van der Waals surface area contributed by atoms with Crippen molar-refractivity contribution in [2.24, 2.45) is 0 Å². The Labute approximate surface area is 265 Å². The van der Waals surface area contributed by atoms with E-state index in [2.05, 4.69) is 15.2 Å². The van der Waals surface area contributed by atoms with Gasteiger partial charge in [-0.1, -0.05) is 44.2 Å². The van der Waals surface area contributed by atoms with Crippen molar-refractivity contribution >= 4 is 33.8 Å². The van der Waals surface area contributed by atoms with Crippen LogP contribution in [0.15, 0.2) is 42.5 Å². The molecule has 7 nitrogen and oxygen atoms in total. The maximum absolute atomic E-state index is 16.0. The molecule has 3 aromatic rings. The molecule has 1 aromatic heterocycles. The van der Waals surface area contributed by atoms with Gasteiger partial charge in [-0.05, 0) is 50.7 Å². The fraction of sp³-hybridized carbons (Fsp3) is 0.515. The minimum Gasteiger partial charge on any atom is -0.487 e. The minimum atomic E-state index is -4.53. The number of fused-ring (bicyclic) bond motifs is 2. The summed E-state index contributed by atoms with van der Waals surface area (Å²) in [6, 6.07) is 12.7. The summed E-state index contributed by atoms with van der Waals surface area (Å²) in [6.07, 6.45) is -0.818. The summed E-state index contributed by atoms with van der Waals surface area (Å²) in [4.78, 5) is 21.4. The van der Waals surface area contributed by atoms with E-state index in [0.717, 1.165) is 49.0 Å². The van der Waals surface area contributed by atoms with E-state index in [1.165, 1.54) is 6.07 Å². The van der Waals surface area contributed by atoms with Crippen LogP contribution in [0.4, 0.5) is 34.1 Å². The number of methoxy groups -OCH3 is 1. The maximum atomic E-state index is 16.0. The quantitative estimate of drug-likeness (QED) is 0.237. The van der Waals surface area contributed by atoms with Gasteiger partial charge in [0.15, 0.2) is 10.9 Å². The lowest BCUT2D eigenvalue weighted by atomic mass is 9.97. The van der Waals surface area contributed by atoms with Crippen molar-refractivity contribution in [3.8, 4) is 5.75 Å². The SMILES string of the molecule is CC.COC1(C)CN(c2nc(C(=O)Nc3cc(F)c(N4C5CCCC4CC5)c(OCc4ccccc4)c3)c(CC(F)(F)F)s2)C1. The lowest BCUT2D eigenvalue weighted by Crippen LogP contribution is -2.61. The summed E-state index contributed by atoms with van der Waals surface area (Å²) in [5, 5.41) is 2.92. The summed E-state index contributed by atoms with van der Waals surface area (Å²) >= 11 is 0.834. The highest BCUT2D eigenvalue weighted by molar-refractivity contribution is 7.16. The minimum absolute atomic E-state index is 0.0853. The van der Waals surface area contributed by atoms with Gasteiger partial charge >= 0.3 is 6.18 Å². The number of halogens is 4. The van der Waals surface area contributed by atoms with Crippen LogP contribution < -0.4 is 19.9 Å². The van der Waals surface area contributed by atoms with E-state index in [1.807, 2.05) is 51.1 Å². The molecule has 4 heterocycles. The van der Waals surface area contributed by atoms with Crippen LogP contribution >= 0.6 is 11.3 Å². The van der Waals surface area contributed by atoms with Crippen LogP contribution in [-0.4, -0.2) is 55.0 Å². The van der Waals surface area contributed by atoms with Gasteiger partial charge in [0.1, 0.15) is 23.7 Å². The van der Waals surface area contributed by atoms with Crippen LogP contribution in [0.3, 0.4) is 0 Å². The number of piperidine rings is 1. The molecule has 1 N–H and O–H groups in total. The molecule has 6 rings (SSSR count). The summed E-state index contributed by atoms with van der Waals surface area (Å²) in [6.45, 7) is 6.97. The Hall–Kier alpha value is -3.38. The first-order valence-corrected chi connectivity index (χ1v) is 16.3. The number of nitrogens with zero attached hydrogens (tertiary/aromatic N) is 3. The zero-order chi connectivity index (χ0) is 32.4. The molecule has 2 unspecified atom stereocenters. The molecular formula is C33H40F4N4O3S. The molecule has 0 radical (unpaired) electrons. The number of benzene rings is 2. The lowest BCUT2D eigenvalue weighted by molar-refractivity contribution is -0.126. The Morgan fingerprint density at radius 2 is 1.76 bits per heavy atom. The van der Waals surface area contributed by atoms with Gasteiger partial charge in [0.25, 0.3) is 5.91 Å². The topological polar surface area (TPSA) is 66.9 Å². The number of carbonyl (C=O) groups excluding carboxylic acids is 1. The molecule has 244 valence electrons. The number of hydrogen-bond acceptors (Lipinski definition) is 7. The number of aromatic nitrogens is 1. The van der Waals surface area contributed by atoms with Crippen molar-refractivity contribution in [3.05, 3.63) is 64.4 Å². The number of amides is 1. The highest BCUT2D eigenvalue weighted by atomic mass is 32.1. The van der Waals surface area contributed by atoms with Crippen molar-refractivity contribution in [3.63, 3.8) is 0 Å². The second-order valence-corrected chi connectivity index (χ2v) is 12.9. The first kappa shape index (κ1) is 33.0. The highest BCUT2D eigenvalue weighted by Gasteiger charge is 2.42. The summed E-state index contributed by atoms with van der Waals surface area (Å²) in [5.41, 5.74) is 0.596. The van der Waals surface area contributed by atoms with E-state index in [9.17, 15) is 18.0 Å². The summed E-state index contributed by atoms with van der Waals surface area (Å²) < 4.78 is 67.9. The van der Waals surface area contributed by atoms with Gasteiger partial charge in [-0.3, -0.25) is 4.79 Å². The third kappa shape index (κ3) is 7.38. The zero-order valence-corrected chi connectivity index (χ0v) is 26.9. The van der Waals surface area contributed by atoms with E-state index >= 15 is 4.39 Å². The van der Waals surface area contributed by atoms with E-state index in [-0.39, 0.29) is 40.7 Å². The zero-order valence-electron chi connectivity index (χ0n) is 26.0. The van der Waals surface area contributed by atoms with E-state index < -0.39 is 29.9 Å². The maximum Gasteiger partial charge on any atom is 0.393 e. The molecule has 0 aliphatic carbocycles. The summed E-state index contributed by atoms with van der Waals surface area (Å²) in [5.74, 6) is -1.10. The third-order valence-electron chi connectivity index (χ3n) is 8.55. The Morgan fingerprint density at radius 3 is 2.38 bits per heavy atom. The number of carbonyl (C=O) groups is 1. The first-order chi connectivity index (χ1) is 21.5. The van der Waals surface area contributed by atoms with Crippen molar-refractivity contribution in [2.45, 2.75) is 89.8 Å². The van der Waals surface area contributed by atoms with Gasteiger partial charge in [-0.2, -0.15) is 13.2 Å². The third-order valence-corrected chi connectivity index (χ3v) is 9.67. The van der Waals surface area contributed by atoms with Crippen LogP contribution in [0, 0.1) is 5.82 Å². The molecule has 3 aliphatic heterocycles. The normalized spacial score (nSPS) is 20.3. The van der Waals surface area contributed by atoms with Gasteiger partial charge in [-0.15, -0.1) is 11.3 Å². The highest BCUT2D eigenvalue weighted by Crippen LogP contribution is 2.46. The Morgan fingerprint density at radius 1 is 1.09 bits per heavy atom. The Kier molecular flexibility index (Phi) is 9.93. The number of alkyl halides is 3. The number of thiazole rings is 1. The van der Waals surface area contributed by atoms with Crippen molar-refractivity contribution < 1.29 is 31.8 Å². The predicted molar refractivity (Wildman–Crippen MR) is 169 cm³/mol. The van der Waals surface area contributed by atoms with Crippen molar-refractivity contribution in [1.82, 2.24) is 4.98 Å². The van der Waals surface area contributed by atoms with Crippen LogP contribution in [0.1, 0.15) is 73.8 Å². The van der Waals surface area contributed by atoms with Crippen LogP contribution in [0.5, 0.6) is 5.75 Å². The van der Waals surface area contributed by atoms with E-state index in [4.69, 9.17) is 9.47 Å². The van der Waals surface area contributed by atoms with Crippen LogP contribution in [0.2, 0.25) is 0 Å². The van der Waals surface area contributed by atoms with Crippen molar-refractivity contribution in [2.75, 3.05) is 35.3 Å². The van der Waals surface area contributed by atoms with Gasteiger partial charge < -0.3 is 24.6 Å². The van der Waals surface area contributed by atoms with Crippen molar-refractivity contribution in [1.29, 1.82) is 0 Å². The second-order valence-electron chi connectivity index (χ2n) is 11.8. The van der Waals surface area contributed by atoms with Crippen LogP contribution in [0.25, 0.3) is 0 Å². The fourth-order valence-electron chi connectivity index (χ4n) is 6.39. The van der Waals surface area contributed by atoms with E-state index in [1.54, 1.807) is 18.1 Å². The largest absolute Gasteiger partial charge is 0.487 e. The molecule has 1 amide bonds. The van der Waals surface area contributed by atoms with E-state index in [0.29, 0.717) is 23.9 Å². The molecule has 3 fully saturated rings. The average molecular weight is 649 g/mol. The number of hydrogen-bond donors (Lipinski definition) is 1. The lowest BCUT2D eigenvalue weighted by Gasteiger charge is -2.46. The molecule has 0 spiro atoms. The molecule has 2 bridgehead atoms. The monoisotopic (exact) mass is 648 g/mol. The smallest absolute Gasteiger partial charge is 0.393 e. The van der Waals surface area contributed by atoms with Gasteiger partial charge in [-0.25, -0.2) is 9.37 Å². The van der Waals surface area contributed by atoms with Gasteiger partial charge in [0.2, 0.25) is 0 Å². The second kappa shape index (κ2) is 13.5. The van der Waals surface area contributed by atoms with Crippen LogP contribution in [-0.2, 0) is 17.8 Å². The molecule has 2 atom stereocenters.